The summed E-state index contributed by atoms with van der Waals surface area (Å²) >= 11 is 0. The van der Waals surface area contributed by atoms with Crippen molar-refractivity contribution in [3.63, 3.8) is 0 Å². The predicted octanol–water partition coefficient (Wildman–Crippen LogP) is 11.4. The maximum Gasteiger partial charge on any atom is 0.0636 e. The molecule has 40 heavy (non-hydrogen) atoms. The van der Waals surface area contributed by atoms with Gasteiger partial charge in [0.2, 0.25) is 0 Å². The summed E-state index contributed by atoms with van der Waals surface area (Å²) in [5.74, 6) is 0. The van der Waals surface area contributed by atoms with Gasteiger partial charge in [0.25, 0.3) is 0 Å². The Kier molecular flexibility index (Phi) is 1.82. The molecule has 0 heterocycles. The fourth-order valence-electron chi connectivity index (χ4n) is 5.22. The minimum absolute atomic E-state index is 0.339. The van der Waals surface area contributed by atoms with Crippen LogP contribution in [0.5, 0.6) is 0 Å². The molecule has 0 aromatic heterocycles. The Morgan fingerprint density at radius 2 is 0.925 bits per heavy atom. The molecule has 0 N–H and O–H groups in total. The van der Waals surface area contributed by atoms with Crippen LogP contribution in [0.4, 0.5) is 0 Å². The van der Waals surface area contributed by atoms with Crippen LogP contribution in [-0.2, 0) is 0 Å². The molecule has 0 aliphatic rings. The van der Waals surface area contributed by atoms with E-state index < -0.39 is 221 Å². The first kappa shape index (κ1) is 8.91. The van der Waals surface area contributed by atoms with Crippen LogP contribution in [0.3, 0.4) is 0 Å². The molecule has 0 heteroatoms. The fourth-order valence-corrected chi connectivity index (χ4v) is 5.22. The molecule has 9 rings (SSSR count). The first-order valence-corrected chi connectivity index (χ1v) is 12.0. The van der Waals surface area contributed by atoms with E-state index in [1.807, 2.05) is 0 Å². The van der Waals surface area contributed by atoms with Crippen LogP contribution in [0, 0.1) is 0 Å². The van der Waals surface area contributed by atoms with Gasteiger partial charge in [-0.25, -0.2) is 0 Å². The van der Waals surface area contributed by atoms with E-state index in [-0.39, 0.29) is 10.8 Å². The molecule has 0 amide bonds. The molecular weight excluding hydrogens is 480 g/mol. The number of hydrogen-bond acceptors (Lipinski definition) is 0. The number of hydrogen-bond donors (Lipinski definition) is 0. The quantitative estimate of drug-likeness (QED) is 0.155. The Morgan fingerprint density at radius 3 is 1.75 bits per heavy atom. The highest BCUT2D eigenvalue weighted by molar-refractivity contribution is 6.28. The Hall–Kier alpha value is -5.20. The second-order valence-corrected chi connectivity index (χ2v) is 9.00. The second kappa shape index (κ2) is 8.15. The zero-order chi connectivity index (χ0) is 47.1. The lowest BCUT2D eigenvalue weighted by Gasteiger charge is -2.18. The molecule has 0 saturated carbocycles. The van der Waals surface area contributed by atoms with Crippen molar-refractivity contribution in [1.82, 2.24) is 0 Å². The van der Waals surface area contributed by atoms with Crippen molar-refractivity contribution in [3.05, 3.63) is 145 Å². The number of fused-ring (bicyclic) bond motifs is 4. The molecule has 0 radical (unpaired) electrons. The van der Waals surface area contributed by atoms with E-state index in [1.165, 1.54) is 0 Å². The molecule has 0 nitrogen and oxygen atoms in total. The molecule has 0 aliphatic heterocycles. The van der Waals surface area contributed by atoms with Gasteiger partial charge in [0, 0.05) is 0 Å². The summed E-state index contributed by atoms with van der Waals surface area (Å²) < 4.78 is 215. The van der Waals surface area contributed by atoms with Crippen LogP contribution in [0.25, 0.3) is 86.9 Å². The summed E-state index contributed by atoms with van der Waals surface area (Å²) in [5, 5.41) is -6.02. The van der Waals surface area contributed by atoms with Gasteiger partial charge in [0.1, 0.15) is 0 Å². The van der Waals surface area contributed by atoms with E-state index in [1.54, 1.807) is 0 Å². The van der Waals surface area contributed by atoms with Crippen LogP contribution >= 0.6 is 0 Å². The first-order chi connectivity index (χ1) is 29.9. The molecule has 9 aromatic carbocycles. The number of rotatable bonds is 2. The minimum atomic E-state index is -0.874. The van der Waals surface area contributed by atoms with Crippen molar-refractivity contribution in [3.8, 4) is 22.3 Å². The summed E-state index contributed by atoms with van der Waals surface area (Å²) in [7, 11) is 0. The van der Waals surface area contributed by atoms with E-state index in [0.717, 1.165) is 0 Å². The van der Waals surface area contributed by atoms with Gasteiger partial charge in [-0.3, -0.25) is 0 Å². The zero-order valence-corrected chi connectivity index (χ0v) is 20.0. The standard InChI is InChI=1S/C40H24/c1-2-8-25(9-3-1)33-20-18-27-15-17-29-23-32(24-30-19-21-36(33)38(27)37(29)30)40-35-13-7-5-11-28(35)22-31-16-14-26-10-4-6-12-34(26)39(31)40/h1-24H/i1D,2D,3D,4D,5D,6D,7D,8D,9D,10D,11D,12D,13D,14D,15D,16D,17D,18D,19D,20D,21D,22D,23D,24D. The maximum atomic E-state index is 9.86. The highest BCUT2D eigenvalue weighted by Crippen LogP contribution is 2.44. The van der Waals surface area contributed by atoms with Crippen LogP contribution in [0.1, 0.15) is 32.9 Å². The summed E-state index contributed by atoms with van der Waals surface area (Å²) in [5.41, 5.74) is -2.45. The largest absolute Gasteiger partial charge is 0.0636 e. The Labute approximate surface area is 265 Å². The van der Waals surface area contributed by atoms with Crippen molar-refractivity contribution in [2.24, 2.45) is 0 Å². The van der Waals surface area contributed by atoms with E-state index in [2.05, 4.69) is 0 Å². The topological polar surface area (TPSA) is 0 Å². The molecule has 0 fully saturated rings. The van der Waals surface area contributed by atoms with Crippen LogP contribution < -0.4 is 0 Å². The molecule has 0 aliphatic carbocycles. The lowest BCUT2D eigenvalue weighted by atomic mass is 9.85. The fraction of sp³-hybridized carbons (Fsp3) is 0. The predicted molar refractivity (Wildman–Crippen MR) is 174 cm³/mol. The smallest absolute Gasteiger partial charge is 0.0622 e. The summed E-state index contributed by atoms with van der Waals surface area (Å²) in [4.78, 5) is 0. The van der Waals surface area contributed by atoms with Crippen molar-refractivity contribution >= 4 is 64.6 Å². The van der Waals surface area contributed by atoms with Gasteiger partial charge in [0.15, 0.2) is 0 Å². The third-order valence-corrected chi connectivity index (χ3v) is 6.88. The maximum absolute atomic E-state index is 9.86. The van der Waals surface area contributed by atoms with Crippen LogP contribution in [-0.4, -0.2) is 0 Å². The number of benzene rings is 9. The lowest BCUT2D eigenvalue weighted by molar-refractivity contribution is 1.66. The summed E-state index contributed by atoms with van der Waals surface area (Å²) in [6.07, 6.45) is 0. The molecule has 9 aromatic rings. The van der Waals surface area contributed by atoms with E-state index in [0.29, 0.717) is 0 Å². The highest BCUT2D eigenvalue weighted by Gasteiger charge is 2.17. The molecular formula is C40H24. The molecule has 0 bridgehead atoms. The molecule has 0 unspecified atom stereocenters. The van der Waals surface area contributed by atoms with Crippen LogP contribution in [0.15, 0.2) is 145 Å². The lowest BCUT2D eigenvalue weighted by Crippen LogP contribution is -1.90. The van der Waals surface area contributed by atoms with Crippen molar-refractivity contribution < 1.29 is 32.9 Å². The van der Waals surface area contributed by atoms with Crippen molar-refractivity contribution in [2.75, 3.05) is 0 Å². The van der Waals surface area contributed by atoms with Crippen LogP contribution in [0.2, 0.25) is 0 Å². The molecule has 0 spiro atoms. The van der Waals surface area contributed by atoms with Gasteiger partial charge >= 0.3 is 0 Å². The SMILES string of the molecule is [2H]c1c([2H])c([2H])c(-c2c([2H])c([2H])c3c([2H])c([2H])c4c([2H])c(-c5c6c([2H])c([2H])c([2H])c([2H])c6c([2H])c6c([2H])c([2H])c7c([2H])c([2H])c([2H])c([2H])c7c56)c([2H])c5c([2H])c([2H])c2c3c45)c([2H])c1[2H]. The normalized spacial score (nSPS) is 20.4. The van der Waals surface area contributed by atoms with Gasteiger partial charge in [-0.05, 0) is 105 Å². The van der Waals surface area contributed by atoms with Gasteiger partial charge in [-0.1, -0.05) is 127 Å². The molecule has 0 atom stereocenters. The Balaban J connectivity index is 1.66. The van der Waals surface area contributed by atoms with E-state index in [9.17, 15) is 11.0 Å². The minimum Gasteiger partial charge on any atom is -0.0622 e. The van der Waals surface area contributed by atoms with Gasteiger partial charge < -0.3 is 0 Å². The van der Waals surface area contributed by atoms with E-state index >= 15 is 0 Å². The summed E-state index contributed by atoms with van der Waals surface area (Å²) in [6, 6.07) is -19.7. The van der Waals surface area contributed by atoms with Gasteiger partial charge in [0.05, 0.1) is 32.9 Å². The average Bonchev–Trinajstić information content (AvgIpc) is 3.25. The van der Waals surface area contributed by atoms with Crippen molar-refractivity contribution in [2.45, 2.75) is 0 Å². The third-order valence-electron chi connectivity index (χ3n) is 6.88. The second-order valence-electron chi connectivity index (χ2n) is 9.00. The molecule has 184 valence electrons. The van der Waals surface area contributed by atoms with E-state index in [4.69, 9.17) is 21.9 Å². The first-order valence-electron chi connectivity index (χ1n) is 24.0. The van der Waals surface area contributed by atoms with Crippen molar-refractivity contribution in [1.29, 1.82) is 0 Å². The summed E-state index contributed by atoms with van der Waals surface area (Å²) in [6.45, 7) is 0. The monoisotopic (exact) mass is 528 g/mol. The highest BCUT2D eigenvalue weighted by atomic mass is 14.2. The molecule has 0 saturated heterocycles. The Bertz CT molecular complexity index is 3710. The zero-order valence-electron chi connectivity index (χ0n) is 44.0. The Morgan fingerprint density at radius 1 is 0.325 bits per heavy atom. The average molecular weight is 529 g/mol. The van der Waals surface area contributed by atoms with Gasteiger partial charge in [-0.15, -0.1) is 0 Å². The third kappa shape index (κ3) is 3.02. The van der Waals surface area contributed by atoms with Gasteiger partial charge in [-0.2, -0.15) is 0 Å².